The van der Waals surface area contributed by atoms with Gasteiger partial charge < -0.3 is 10.6 Å². The number of anilines is 2. The molecule has 0 radical (unpaired) electrons. The second-order valence-corrected chi connectivity index (χ2v) is 9.06. The summed E-state index contributed by atoms with van der Waals surface area (Å²) in [4.78, 5) is 30.3. The van der Waals surface area contributed by atoms with E-state index in [1.54, 1.807) is 35.5 Å². The first-order valence-corrected chi connectivity index (χ1v) is 11.8. The molecule has 4 aromatic rings. The standard InChI is InChI=1S/C22H17ClF3N7O2S/c1-31-6-12-3-19(14(23)4-18(12)30-31)28-20-29-21(34)33(8-13-9-36-10-27-13)22(35)32(20)7-11-2-16(25)17(26)5-15(11)24/h2-6,9,27H,7-8,10H2,1H3,(H,28,29,34)/i2D,5D. The second-order valence-electron chi connectivity index (χ2n) is 7.79. The van der Waals surface area contributed by atoms with Crippen molar-refractivity contribution in [3.63, 3.8) is 0 Å². The summed E-state index contributed by atoms with van der Waals surface area (Å²) in [5.41, 5.74) is -1.33. The van der Waals surface area contributed by atoms with Crippen LogP contribution in [0.4, 0.5) is 24.8 Å². The van der Waals surface area contributed by atoms with E-state index >= 15 is 0 Å². The molecule has 0 aliphatic carbocycles. The summed E-state index contributed by atoms with van der Waals surface area (Å²) < 4.78 is 61.4. The first-order chi connectivity index (χ1) is 18.0. The van der Waals surface area contributed by atoms with Crippen LogP contribution in [0.15, 0.2) is 51.1 Å². The van der Waals surface area contributed by atoms with Crippen molar-refractivity contribution in [2.24, 2.45) is 7.05 Å². The van der Waals surface area contributed by atoms with Gasteiger partial charge in [-0.25, -0.2) is 27.3 Å². The molecule has 9 nitrogen and oxygen atoms in total. The lowest BCUT2D eigenvalue weighted by Gasteiger charge is -2.17. The zero-order chi connectivity index (χ0) is 27.3. The van der Waals surface area contributed by atoms with Gasteiger partial charge in [-0.2, -0.15) is 10.1 Å². The maximum absolute atomic E-state index is 14.8. The predicted molar refractivity (Wildman–Crippen MR) is 131 cm³/mol. The summed E-state index contributed by atoms with van der Waals surface area (Å²) in [7, 11) is 1.71. The molecular weight excluding hydrogens is 519 g/mol. The third kappa shape index (κ3) is 4.58. The lowest BCUT2D eigenvalue weighted by molar-refractivity contribution is 0.485. The number of hydrogen-bond donors (Lipinski definition) is 2. The van der Waals surface area contributed by atoms with Crippen LogP contribution in [0.2, 0.25) is 5.02 Å². The topological polar surface area (TPSA) is 98.8 Å². The van der Waals surface area contributed by atoms with Gasteiger partial charge in [0.2, 0.25) is 5.95 Å². The van der Waals surface area contributed by atoms with Crippen LogP contribution >= 0.6 is 23.4 Å². The smallest absolute Gasteiger partial charge is 0.355 e. The third-order valence-electron chi connectivity index (χ3n) is 5.29. The van der Waals surface area contributed by atoms with Crippen molar-refractivity contribution in [2.45, 2.75) is 13.1 Å². The van der Waals surface area contributed by atoms with E-state index in [0.717, 1.165) is 9.13 Å². The molecule has 0 saturated heterocycles. The lowest BCUT2D eigenvalue weighted by atomic mass is 10.2. The number of rotatable bonds is 6. The number of aromatic nitrogens is 5. The van der Waals surface area contributed by atoms with Crippen LogP contribution in [0.5, 0.6) is 0 Å². The number of thioether (sulfide) groups is 1. The van der Waals surface area contributed by atoms with Crippen LogP contribution in [-0.2, 0) is 20.1 Å². The summed E-state index contributed by atoms with van der Waals surface area (Å²) in [6, 6.07) is 0.577. The number of allylic oxidation sites excluding steroid dienone is 1. The maximum Gasteiger partial charge on any atom is 0.355 e. The molecule has 1 aliphatic rings. The second kappa shape index (κ2) is 9.39. The Kier molecular flexibility index (Phi) is 5.62. The van der Waals surface area contributed by atoms with Gasteiger partial charge in [0, 0.05) is 35.9 Å². The summed E-state index contributed by atoms with van der Waals surface area (Å²) in [6.07, 6.45) is 1.70. The summed E-state index contributed by atoms with van der Waals surface area (Å²) in [5, 5.41) is 12.6. The molecule has 0 unspecified atom stereocenters. The monoisotopic (exact) mass is 537 g/mol. The van der Waals surface area contributed by atoms with Gasteiger partial charge in [0.05, 0.1) is 37.9 Å². The molecule has 186 valence electrons. The molecule has 0 fully saturated rings. The Labute approximate surface area is 213 Å². The van der Waals surface area contributed by atoms with Crippen molar-refractivity contribution in [1.82, 2.24) is 29.2 Å². The van der Waals surface area contributed by atoms with Crippen LogP contribution in [0, 0.1) is 17.5 Å². The van der Waals surface area contributed by atoms with Crippen LogP contribution < -0.4 is 22.0 Å². The fourth-order valence-electron chi connectivity index (χ4n) is 3.61. The van der Waals surface area contributed by atoms with E-state index in [1.807, 2.05) is 0 Å². The Morgan fingerprint density at radius 1 is 1.17 bits per heavy atom. The third-order valence-corrected chi connectivity index (χ3v) is 6.37. The molecule has 0 bridgehead atoms. The first kappa shape index (κ1) is 21.6. The Bertz CT molecular complexity index is 1740. The van der Waals surface area contributed by atoms with E-state index < -0.39 is 53.0 Å². The number of halogens is 4. The Balaban J connectivity index is 1.67. The van der Waals surface area contributed by atoms with Crippen molar-refractivity contribution < 1.29 is 15.9 Å². The molecule has 0 atom stereocenters. The molecular formula is C22H17ClF3N7O2S. The van der Waals surface area contributed by atoms with Gasteiger partial charge in [0.15, 0.2) is 11.6 Å². The van der Waals surface area contributed by atoms with Crippen LogP contribution in [-0.4, -0.2) is 29.8 Å². The number of nitrogens with zero attached hydrogens (tertiary/aromatic N) is 5. The van der Waals surface area contributed by atoms with Gasteiger partial charge in [-0.1, -0.05) is 11.6 Å². The quantitative estimate of drug-likeness (QED) is 0.364. The van der Waals surface area contributed by atoms with Gasteiger partial charge >= 0.3 is 11.4 Å². The van der Waals surface area contributed by atoms with Gasteiger partial charge in [-0.05, 0) is 23.6 Å². The largest absolute Gasteiger partial charge is 0.377 e. The average Bonchev–Trinajstić information content (AvgIpc) is 3.52. The minimum absolute atomic E-state index is 0.159. The van der Waals surface area contributed by atoms with Crippen LogP contribution in [0.3, 0.4) is 0 Å². The number of nitrogens with one attached hydrogen (secondary N) is 2. The highest BCUT2D eigenvalue weighted by Crippen LogP contribution is 2.29. The predicted octanol–water partition coefficient (Wildman–Crippen LogP) is 3.29. The van der Waals surface area contributed by atoms with Gasteiger partial charge in [0.25, 0.3) is 0 Å². The van der Waals surface area contributed by atoms with Crippen molar-refractivity contribution in [1.29, 1.82) is 0 Å². The zero-order valence-corrected chi connectivity index (χ0v) is 20.0. The van der Waals surface area contributed by atoms with E-state index in [0.29, 0.717) is 22.5 Å². The molecule has 2 aromatic heterocycles. The molecule has 14 heteroatoms. The fourth-order valence-corrected chi connectivity index (χ4v) is 4.52. The molecule has 2 N–H and O–H groups in total. The zero-order valence-electron chi connectivity index (χ0n) is 20.4. The lowest BCUT2D eigenvalue weighted by Crippen LogP contribution is -2.43. The Hall–Kier alpha value is -3.71. The van der Waals surface area contributed by atoms with E-state index in [-0.39, 0.29) is 23.2 Å². The van der Waals surface area contributed by atoms with Gasteiger partial charge in [-0.15, -0.1) is 11.8 Å². The normalized spacial score (nSPS) is 14.0. The van der Waals surface area contributed by atoms with Crippen LogP contribution in [0.25, 0.3) is 10.9 Å². The van der Waals surface area contributed by atoms with Crippen molar-refractivity contribution in [2.75, 3.05) is 11.2 Å². The fraction of sp³-hybridized carbons (Fsp3) is 0.182. The van der Waals surface area contributed by atoms with E-state index in [9.17, 15) is 22.8 Å². The summed E-state index contributed by atoms with van der Waals surface area (Å²) in [6.45, 7) is -1.02. The highest BCUT2D eigenvalue weighted by atomic mass is 35.5. The molecule has 0 spiro atoms. The van der Waals surface area contributed by atoms with Crippen molar-refractivity contribution in [3.8, 4) is 0 Å². The molecule has 2 aromatic carbocycles. The SMILES string of the molecule is [2H]c1c(F)c(F)c([2H])c(Cn2c(Nc3cc4cn(C)nc4cc3Cl)nc(=O)n(CC3=CSCN3)c2=O)c1F. The van der Waals surface area contributed by atoms with E-state index in [1.165, 1.54) is 11.8 Å². The maximum atomic E-state index is 14.8. The van der Waals surface area contributed by atoms with Gasteiger partial charge in [-0.3, -0.25) is 9.25 Å². The first-order valence-electron chi connectivity index (χ1n) is 11.3. The molecule has 5 rings (SSSR count). The molecule has 1 aliphatic heterocycles. The van der Waals surface area contributed by atoms with E-state index in [4.69, 9.17) is 14.3 Å². The summed E-state index contributed by atoms with van der Waals surface area (Å²) in [5.74, 6) is -4.93. The number of hydrogen-bond acceptors (Lipinski definition) is 7. The van der Waals surface area contributed by atoms with Crippen molar-refractivity contribution >= 4 is 45.9 Å². The van der Waals surface area contributed by atoms with Gasteiger partial charge in [0.1, 0.15) is 5.82 Å². The minimum atomic E-state index is -1.82. The number of fused-ring (bicyclic) bond motifs is 1. The molecule has 0 saturated carbocycles. The Morgan fingerprint density at radius 3 is 2.69 bits per heavy atom. The highest BCUT2D eigenvalue weighted by Gasteiger charge is 2.19. The molecule has 0 amide bonds. The molecule has 3 heterocycles. The van der Waals surface area contributed by atoms with Crippen LogP contribution in [0.1, 0.15) is 8.30 Å². The average molecular weight is 538 g/mol. The number of benzene rings is 2. The van der Waals surface area contributed by atoms with Crippen molar-refractivity contribution in [3.05, 3.63) is 90.5 Å². The van der Waals surface area contributed by atoms with E-state index in [2.05, 4.69) is 20.7 Å². The summed E-state index contributed by atoms with van der Waals surface area (Å²) >= 11 is 7.79. The minimum Gasteiger partial charge on any atom is -0.377 e. The molecule has 36 heavy (non-hydrogen) atoms. The number of aryl methyl sites for hydroxylation is 1. The Morgan fingerprint density at radius 2 is 1.94 bits per heavy atom. The highest BCUT2D eigenvalue weighted by molar-refractivity contribution is 8.02.